The highest BCUT2D eigenvalue weighted by Gasteiger charge is 2.52. The molecule has 2 bridgehead atoms. The van der Waals surface area contributed by atoms with Gasteiger partial charge in [0.25, 0.3) is 0 Å². The molecule has 3 fully saturated rings. The first-order valence-electron chi connectivity index (χ1n) is 5.78. The minimum absolute atomic E-state index is 0. The number of hydrogen-bond acceptors (Lipinski definition) is 0. The second kappa shape index (κ2) is 3.43. The van der Waals surface area contributed by atoms with Crippen LogP contribution >= 0.6 is 0 Å². The van der Waals surface area contributed by atoms with Gasteiger partial charge in [-0.05, 0) is 19.3 Å². The maximum Gasteiger partial charge on any atom is 0.0894 e. The summed E-state index contributed by atoms with van der Waals surface area (Å²) >= 11 is 0. The number of quaternary nitrogens is 1. The van der Waals surface area contributed by atoms with Crippen molar-refractivity contribution < 1.29 is 16.9 Å². The number of hydrogen-bond donors (Lipinski definition) is 0. The molecule has 76 valence electrons. The molecular weight excluding hydrogens is 182 g/mol. The van der Waals surface area contributed by atoms with Crippen molar-refractivity contribution in [1.29, 1.82) is 0 Å². The topological polar surface area (TPSA) is 0 Å². The van der Waals surface area contributed by atoms with Crippen molar-refractivity contribution in [2.24, 2.45) is 0 Å². The fourth-order valence-corrected chi connectivity index (χ4v) is 4.24. The summed E-state index contributed by atoms with van der Waals surface area (Å²) < 4.78 is 1.58. The lowest BCUT2D eigenvalue weighted by atomic mass is 10.00. The molecule has 0 saturated carbocycles. The van der Waals surface area contributed by atoms with Crippen LogP contribution in [-0.4, -0.2) is 29.7 Å². The Bertz CT molecular complexity index is 169. The van der Waals surface area contributed by atoms with Crippen LogP contribution in [0.4, 0.5) is 0 Å². The van der Waals surface area contributed by atoms with E-state index in [1.807, 2.05) is 0 Å². The molecule has 1 nitrogen and oxygen atoms in total. The molecule has 3 saturated heterocycles. The normalized spacial score (nSPS) is 40.6. The molecule has 13 heavy (non-hydrogen) atoms. The van der Waals surface area contributed by atoms with Gasteiger partial charge in [0.1, 0.15) is 0 Å². The molecule has 0 aromatic heterocycles. The molecule has 3 aliphatic rings. The summed E-state index contributed by atoms with van der Waals surface area (Å²) in [5.41, 5.74) is 0. The maximum atomic E-state index is 1.58. The highest BCUT2D eigenvalue weighted by molar-refractivity contribution is 4.83. The van der Waals surface area contributed by atoms with Gasteiger partial charge in [0.05, 0.1) is 25.2 Å². The van der Waals surface area contributed by atoms with E-state index >= 15 is 0 Å². The van der Waals surface area contributed by atoms with Gasteiger partial charge in [0.15, 0.2) is 0 Å². The Hall–Kier alpha value is 0.250. The summed E-state index contributed by atoms with van der Waals surface area (Å²) in [6, 6.07) is 2.21. The van der Waals surface area contributed by atoms with Gasteiger partial charge in [-0.25, -0.2) is 0 Å². The van der Waals surface area contributed by atoms with Gasteiger partial charge in [-0.2, -0.15) is 0 Å². The smallest absolute Gasteiger partial charge is 0.0894 e. The highest BCUT2D eigenvalue weighted by Crippen LogP contribution is 2.45. The van der Waals surface area contributed by atoms with Crippen molar-refractivity contribution >= 4 is 0 Å². The lowest BCUT2D eigenvalue weighted by Gasteiger charge is -2.44. The third-order valence-electron chi connectivity index (χ3n) is 4.76. The first-order valence-corrected chi connectivity index (χ1v) is 5.78. The third-order valence-corrected chi connectivity index (χ3v) is 4.76. The lowest BCUT2D eigenvalue weighted by molar-refractivity contribution is -0.955. The lowest BCUT2D eigenvalue weighted by Crippen LogP contribution is -3.00. The van der Waals surface area contributed by atoms with Crippen molar-refractivity contribution in [1.82, 2.24) is 0 Å². The predicted molar refractivity (Wildman–Crippen MR) is 49.9 cm³/mol. The summed E-state index contributed by atoms with van der Waals surface area (Å²) in [5, 5.41) is 0. The van der Waals surface area contributed by atoms with Crippen LogP contribution in [-0.2, 0) is 0 Å². The maximum absolute atomic E-state index is 1.58. The summed E-state index contributed by atoms with van der Waals surface area (Å²) in [6.07, 6.45) is 10.8. The van der Waals surface area contributed by atoms with Gasteiger partial charge in [-0.3, -0.25) is 0 Å². The van der Waals surface area contributed by atoms with E-state index in [1.165, 1.54) is 32.4 Å². The average molecular weight is 202 g/mol. The van der Waals surface area contributed by atoms with Crippen molar-refractivity contribution in [2.75, 3.05) is 13.1 Å². The predicted octanol–water partition coefficient (Wildman–Crippen LogP) is -0.684. The van der Waals surface area contributed by atoms with Crippen LogP contribution in [0.5, 0.6) is 0 Å². The monoisotopic (exact) mass is 201 g/mol. The van der Waals surface area contributed by atoms with Crippen LogP contribution in [0.2, 0.25) is 0 Å². The second-order valence-corrected chi connectivity index (χ2v) is 5.07. The van der Waals surface area contributed by atoms with Gasteiger partial charge in [0.2, 0.25) is 0 Å². The number of halogens is 1. The SMILES string of the molecule is C1CC2CCC(C1)[N+]21CCCC1.[Cl-]. The molecule has 0 aromatic rings. The third kappa shape index (κ3) is 1.24. The van der Waals surface area contributed by atoms with Gasteiger partial charge >= 0.3 is 0 Å². The molecule has 0 aromatic carbocycles. The largest absolute Gasteiger partial charge is 1.00 e. The number of nitrogens with zero attached hydrogens (tertiary/aromatic N) is 1. The minimum atomic E-state index is 0. The summed E-state index contributed by atoms with van der Waals surface area (Å²) in [4.78, 5) is 0. The quantitative estimate of drug-likeness (QED) is 0.456. The molecule has 0 N–H and O–H groups in total. The molecule has 2 heteroatoms. The molecule has 3 heterocycles. The molecule has 2 atom stereocenters. The van der Waals surface area contributed by atoms with E-state index in [1.54, 1.807) is 30.2 Å². The molecular formula is C11H20ClN. The van der Waals surface area contributed by atoms with Crippen molar-refractivity contribution in [2.45, 2.75) is 57.0 Å². The van der Waals surface area contributed by atoms with Gasteiger partial charge < -0.3 is 16.9 Å². The fraction of sp³-hybridized carbons (Fsp3) is 1.00. The van der Waals surface area contributed by atoms with Crippen LogP contribution in [0.1, 0.15) is 44.9 Å². The molecule has 0 aliphatic carbocycles. The number of piperidine rings is 1. The van der Waals surface area contributed by atoms with E-state index in [-0.39, 0.29) is 12.4 Å². The highest BCUT2D eigenvalue weighted by atomic mass is 35.5. The van der Waals surface area contributed by atoms with E-state index in [2.05, 4.69) is 0 Å². The summed E-state index contributed by atoms with van der Waals surface area (Å²) in [5.74, 6) is 0. The molecule has 1 spiro atoms. The fourth-order valence-electron chi connectivity index (χ4n) is 4.24. The van der Waals surface area contributed by atoms with E-state index in [0.717, 1.165) is 12.1 Å². The summed E-state index contributed by atoms with van der Waals surface area (Å²) in [7, 11) is 0. The van der Waals surface area contributed by atoms with E-state index < -0.39 is 0 Å². The Morgan fingerprint density at radius 3 is 1.77 bits per heavy atom. The Labute approximate surface area is 87.5 Å². The Morgan fingerprint density at radius 2 is 1.23 bits per heavy atom. The second-order valence-electron chi connectivity index (χ2n) is 5.07. The minimum Gasteiger partial charge on any atom is -1.00 e. The van der Waals surface area contributed by atoms with Gasteiger partial charge in [0, 0.05) is 25.7 Å². The first kappa shape index (κ1) is 9.79. The van der Waals surface area contributed by atoms with E-state index in [9.17, 15) is 0 Å². The van der Waals surface area contributed by atoms with Crippen LogP contribution in [0, 0.1) is 0 Å². The molecule has 0 radical (unpaired) electrons. The Kier molecular flexibility index (Phi) is 2.59. The van der Waals surface area contributed by atoms with Crippen molar-refractivity contribution in [3.05, 3.63) is 0 Å². The van der Waals surface area contributed by atoms with E-state index in [0.29, 0.717) is 0 Å². The van der Waals surface area contributed by atoms with Crippen LogP contribution in [0.25, 0.3) is 0 Å². The molecule has 2 unspecified atom stereocenters. The van der Waals surface area contributed by atoms with Gasteiger partial charge in [-0.15, -0.1) is 0 Å². The Morgan fingerprint density at radius 1 is 0.692 bits per heavy atom. The molecule has 0 amide bonds. The number of rotatable bonds is 0. The van der Waals surface area contributed by atoms with Crippen LogP contribution in [0.3, 0.4) is 0 Å². The molecule has 3 rings (SSSR count). The van der Waals surface area contributed by atoms with Crippen LogP contribution < -0.4 is 12.4 Å². The zero-order valence-corrected chi connectivity index (χ0v) is 9.10. The van der Waals surface area contributed by atoms with E-state index in [4.69, 9.17) is 0 Å². The Balaban J connectivity index is 0.000000653. The zero-order chi connectivity index (χ0) is 8.02. The molecule has 3 aliphatic heterocycles. The van der Waals surface area contributed by atoms with Crippen LogP contribution in [0.15, 0.2) is 0 Å². The van der Waals surface area contributed by atoms with Crippen molar-refractivity contribution in [3.63, 3.8) is 0 Å². The average Bonchev–Trinajstić information content (AvgIpc) is 2.59. The first-order chi connectivity index (χ1) is 5.92. The zero-order valence-electron chi connectivity index (χ0n) is 8.34. The van der Waals surface area contributed by atoms with Crippen molar-refractivity contribution in [3.8, 4) is 0 Å². The summed E-state index contributed by atoms with van der Waals surface area (Å²) in [6.45, 7) is 3.07. The van der Waals surface area contributed by atoms with Gasteiger partial charge in [-0.1, -0.05) is 0 Å². The standard InChI is InChI=1S/C11H20N.ClH/c1-2-9-12(8-1)10-4-3-5-11(12)7-6-10;/h10-11H,1-9H2;1H/q+1;/p-1.